The summed E-state index contributed by atoms with van der Waals surface area (Å²) >= 11 is 1.89. The Hall–Kier alpha value is -3.26. The van der Waals surface area contributed by atoms with Gasteiger partial charge in [0.25, 0.3) is 0 Å². The molecule has 0 bridgehead atoms. The maximum atomic E-state index is 6.28. The number of benzene rings is 3. The zero-order valence-corrected chi connectivity index (χ0v) is 25.3. The van der Waals surface area contributed by atoms with Crippen LogP contribution in [0.25, 0.3) is 10.9 Å². The summed E-state index contributed by atoms with van der Waals surface area (Å²) in [7, 11) is 0. The number of rotatable bonds is 9. The summed E-state index contributed by atoms with van der Waals surface area (Å²) in [6.07, 6.45) is 5.04. The zero-order chi connectivity index (χ0) is 28.3. The highest BCUT2D eigenvalue weighted by Gasteiger charge is 2.31. The highest BCUT2D eigenvalue weighted by Crippen LogP contribution is 2.36. The van der Waals surface area contributed by atoms with Gasteiger partial charge in [-0.05, 0) is 49.6 Å². The lowest BCUT2D eigenvalue weighted by Gasteiger charge is -2.39. The van der Waals surface area contributed by atoms with Gasteiger partial charge in [0, 0.05) is 62.0 Å². The van der Waals surface area contributed by atoms with Crippen LogP contribution in [0, 0.1) is 0 Å². The number of aromatic nitrogens is 1. The molecule has 1 saturated heterocycles. The van der Waals surface area contributed by atoms with E-state index in [0.29, 0.717) is 18.1 Å². The van der Waals surface area contributed by atoms with Crippen molar-refractivity contribution in [1.82, 2.24) is 14.8 Å². The minimum Gasteiger partial charge on any atom is -0.457 e. The van der Waals surface area contributed by atoms with Gasteiger partial charge in [-0.1, -0.05) is 61.4 Å². The van der Waals surface area contributed by atoms with E-state index in [4.69, 9.17) is 9.73 Å². The third-order valence-corrected chi connectivity index (χ3v) is 10.2. The summed E-state index contributed by atoms with van der Waals surface area (Å²) in [5.74, 6) is 2.75. The minimum atomic E-state index is 0.310. The number of aliphatic imine (C=N–C) groups is 1. The predicted molar refractivity (Wildman–Crippen MR) is 176 cm³/mol. The van der Waals surface area contributed by atoms with E-state index in [-0.39, 0.29) is 0 Å². The Morgan fingerprint density at radius 2 is 1.67 bits per heavy atom. The quantitative estimate of drug-likeness (QED) is 0.217. The first kappa shape index (κ1) is 27.6. The molecular weight excluding hydrogens is 538 g/mol. The van der Waals surface area contributed by atoms with Crippen LogP contribution in [0.3, 0.4) is 0 Å². The van der Waals surface area contributed by atoms with E-state index in [0.717, 1.165) is 77.3 Å². The second kappa shape index (κ2) is 12.5. The van der Waals surface area contributed by atoms with E-state index in [9.17, 15) is 0 Å². The fourth-order valence-electron chi connectivity index (χ4n) is 6.62. The summed E-state index contributed by atoms with van der Waals surface area (Å²) in [4.78, 5) is 14.2. The SMILES string of the molecule is CC([C@H]1CSC(c2cc3cc(Oc4ccccc4)cc(NC4CCCC4)c3[nH]2)=N1)N1CCN(Cc2ccccc2)CC1. The molecule has 42 heavy (non-hydrogen) atoms. The lowest BCUT2D eigenvalue weighted by atomic mass is 10.1. The maximum Gasteiger partial charge on any atom is 0.130 e. The van der Waals surface area contributed by atoms with Crippen molar-refractivity contribution in [2.24, 2.45) is 4.99 Å². The number of para-hydroxylation sites is 1. The predicted octanol–water partition coefficient (Wildman–Crippen LogP) is 7.38. The Bertz CT molecular complexity index is 1510. The molecule has 218 valence electrons. The Morgan fingerprint density at radius 3 is 2.43 bits per heavy atom. The van der Waals surface area contributed by atoms with E-state index in [2.05, 4.69) is 75.6 Å². The van der Waals surface area contributed by atoms with Gasteiger partial charge in [0.1, 0.15) is 16.5 Å². The first-order valence-corrected chi connectivity index (χ1v) is 16.5. The average Bonchev–Trinajstić information content (AvgIpc) is 3.80. The molecule has 4 aromatic rings. The molecule has 3 aromatic carbocycles. The molecule has 2 N–H and O–H groups in total. The van der Waals surface area contributed by atoms with Gasteiger partial charge < -0.3 is 15.0 Å². The number of ether oxygens (including phenoxy) is 1. The molecule has 2 aliphatic heterocycles. The van der Waals surface area contributed by atoms with Crippen LogP contribution >= 0.6 is 11.8 Å². The van der Waals surface area contributed by atoms with Crippen molar-refractivity contribution in [2.45, 2.75) is 57.3 Å². The number of thioether (sulfide) groups is 1. The van der Waals surface area contributed by atoms with Crippen molar-refractivity contribution in [1.29, 1.82) is 0 Å². The van der Waals surface area contributed by atoms with Crippen LogP contribution in [0.15, 0.2) is 83.9 Å². The molecule has 0 radical (unpaired) electrons. The van der Waals surface area contributed by atoms with Crippen molar-refractivity contribution in [3.8, 4) is 11.5 Å². The van der Waals surface area contributed by atoms with Crippen molar-refractivity contribution in [2.75, 3.05) is 37.2 Å². The number of nitrogens with zero attached hydrogens (tertiary/aromatic N) is 3. The van der Waals surface area contributed by atoms with Gasteiger partial charge in [0.05, 0.1) is 22.9 Å². The van der Waals surface area contributed by atoms with Gasteiger partial charge in [0.2, 0.25) is 0 Å². The van der Waals surface area contributed by atoms with Crippen LogP contribution in [-0.2, 0) is 6.54 Å². The van der Waals surface area contributed by atoms with E-state index < -0.39 is 0 Å². The summed E-state index contributed by atoms with van der Waals surface area (Å²) in [6, 6.07) is 28.7. The van der Waals surface area contributed by atoms with E-state index in [1.54, 1.807) is 0 Å². The molecule has 1 saturated carbocycles. The summed E-state index contributed by atoms with van der Waals surface area (Å²) in [5, 5.41) is 6.12. The number of hydrogen-bond donors (Lipinski definition) is 2. The maximum absolute atomic E-state index is 6.28. The fraction of sp³-hybridized carbons (Fsp3) is 0.400. The summed E-state index contributed by atoms with van der Waals surface area (Å²) in [5.41, 5.74) is 4.79. The van der Waals surface area contributed by atoms with Gasteiger partial charge in [-0.3, -0.25) is 14.8 Å². The lowest BCUT2D eigenvalue weighted by Crippen LogP contribution is -2.52. The minimum absolute atomic E-state index is 0.310. The monoisotopic (exact) mass is 579 g/mol. The number of aromatic amines is 1. The third-order valence-electron chi connectivity index (χ3n) is 9.09. The van der Waals surface area contributed by atoms with Gasteiger partial charge in [-0.15, -0.1) is 11.8 Å². The summed E-state index contributed by atoms with van der Waals surface area (Å²) < 4.78 is 6.28. The second-order valence-corrected chi connectivity index (χ2v) is 13.0. The topological polar surface area (TPSA) is 55.9 Å². The van der Waals surface area contributed by atoms with Crippen LogP contribution in [0.1, 0.15) is 43.9 Å². The van der Waals surface area contributed by atoms with Crippen molar-refractivity contribution in [3.05, 3.63) is 90.1 Å². The third kappa shape index (κ3) is 6.24. The number of nitrogens with one attached hydrogen (secondary N) is 2. The number of fused-ring (bicyclic) bond motifs is 1. The molecule has 2 atom stereocenters. The Kier molecular flexibility index (Phi) is 8.23. The first-order chi connectivity index (χ1) is 20.7. The van der Waals surface area contributed by atoms with Crippen molar-refractivity contribution in [3.63, 3.8) is 0 Å². The molecule has 1 aromatic heterocycles. The van der Waals surface area contributed by atoms with Gasteiger partial charge in [-0.2, -0.15) is 0 Å². The van der Waals surface area contributed by atoms with Gasteiger partial charge >= 0.3 is 0 Å². The Morgan fingerprint density at radius 1 is 0.929 bits per heavy atom. The van der Waals surface area contributed by atoms with Gasteiger partial charge in [0.15, 0.2) is 0 Å². The molecule has 0 amide bonds. The molecule has 1 unspecified atom stereocenters. The second-order valence-electron chi connectivity index (χ2n) is 12.0. The van der Waals surface area contributed by atoms with Crippen LogP contribution in [0.4, 0.5) is 5.69 Å². The zero-order valence-electron chi connectivity index (χ0n) is 24.5. The number of H-pyrrole nitrogens is 1. The van der Waals surface area contributed by atoms with E-state index in [1.807, 2.05) is 42.1 Å². The van der Waals surface area contributed by atoms with Gasteiger partial charge in [-0.25, -0.2) is 0 Å². The van der Waals surface area contributed by atoms with Crippen molar-refractivity contribution < 1.29 is 4.74 Å². The first-order valence-electron chi connectivity index (χ1n) is 15.6. The smallest absolute Gasteiger partial charge is 0.130 e. The molecule has 2 fully saturated rings. The lowest BCUT2D eigenvalue weighted by molar-refractivity contribution is 0.0912. The average molecular weight is 580 g/mol. The highest BCUT2D eigenvalue weighted by molar-refractivity contribution is 8.14. The molecule has 0 spiro atoms. The van der Waals surface area contributed by atoms with Crippen molar-refractivity contribution >= 4 is 33.4 Å². The summed E-state index contributed by atoms with van der Waals surface area (Å²) in [6.45, 7) is 7.84. The Labute approximate surface area is 253 Å². The van der Waals surface area contributed by atoms with Crippen LogP contribution < -0.4 is 10.1 Å². The Balaban J connectivity index is 1.06. The molecular formula is C35H41N5OS. The highest BCUT2D eigenvalue weighted by atomic mass is 32.2. The van der Waals surface area contributed by atoms with Crippen LogP contribution in [-0.4, -0.2) is 69.9 Å². The standard InChI is InChI=1S/C35H41N5OS/c1-25(40-18-16-39(17-19-40)23-26-10-4-2-5-11-26)33-24-42-35(38-33)32-21-27-20-30(41-29-14-6-3-7-15-29)22-31(34(27)37-32)36-28-12-8-9-13-28/h2-7,10-11,14-15,20-22,25,28,33,36-37H,8-9,12-13,16-19,23-24H2,1H3/t25?,33-/m1/s1. The largest absolute Gasteiger partial charge is 0.457 e. The van der Waals surface area contributed by atoms with Crippen LogP contribution in [0.5, 0.6) is 11.5 Å². The number of anilines is 1. The molecule has 1 aliphatic carbocycles. The molecule has 7 rings (SSSR count). The molecule has 7 heteroatoms. The van der Waals surface area contributed by atoms with Crippen LogP contribution in [0.2, 0.25) is 0 Å². The normalized spacial score (nSPS) is 21.1. The molecule has 3 aliphatic rings. The van der Waals surface area contributed by atoms with E-state index in [1.165, 1.54) is 31.2 Å². The molecule has 3 heterocycles. The number of hydrogen-bond acceptors (Lipinski definition) is 6. The molecule has 6 nitrogen and oxygen atoms in total. The van der Waals surface area contributed by atoms with E-state index >= 15 is 0 Å². The number of piperazine rings is 1. The fourth-order valence-corrected chi connectivity index (χ4v) is 7.77.